The van der Waals surface area contributed by atoms with Crippen molar-refractivity contribution in [3.05, 3.63) is 34.9 Å². The predicted octanol–water partition coefficient (Wildman–Crippen LogP) is 2.51. The summed E-state index contributed by atoms with van der Waals surface area (Å²) in [6.45, 7) is 4.08. The van der Waals surface area contributed by atoms with Gasteiger partial charge in [0.15, 0.2) is 0 Å². The third kappa shape index (κ3) is 5.45. The van der Waals surface area contributed by atoms with Crippen LogP contribution in [0.1, 0.15) is 29.5 Å². The molecule has 18 heavy (non-hydrogen) atoms. The Balaban J connectivity index is 2.42. The van der Waals surface area contributed by atoms with Crippen LogP contribution in [0.4, 0.5) is 0 Å². The van der Waals surface area contributed by atoms with E-state index in [2.05, 4.69) is 22.9 Å². The van der Waals surface area contributed by atoms with E-state index in [4.69, 9.17) is 0 Å². The van der Waals surface area contributed by atoms with E-state index >= 15 is 0 Å². The first-order chi connectivity index (χ1) is 8.51. The van der Waals surface area contributed by atoms with Gasteiger partial charge < -0.3 is 4.74 Å². The smallest absolute Gasteiger partial charge is 0.305 e. The summed E-state index contributed by atoms with van der Waals surface area (Å²) in [6.07, 6.45) is 0.958. The highest BCUT2D eigenvalue weighted by Crippen LogP contribution is 2.11. The number of carbonyl (C=O) groups excluding carboxylic acids is 1. The highest BCUT2D eigenvalue weighted by Gasteiger charge is 2.05. The highest BCUT2D eigenvalue weighted by molar-refractivity contribution is 7.84. The van der Waals surface area contributed by atoms with E-state index in [0.29, 0.717) is 24.3 Å². The normalized spacial score (nSPS) is 12.2. The Morgan fingerprint density at radius 2 is 1.83 bits per heavy atom. The molecule has 0 N–H and O–H groups in total. The Morgan fingerprint density at radius 3 is 2.39 bits per heavy atom. The zero-order chi connectivity index (χ0) is 13.5. The molecule has 0 aliphatic heterocycles. The van der Waals surface area contributed by atoms with Crippen LogP contribution in [-0.2, 0) is 26.1 Å². The van der Waals surface area contributed by atoms with Crippen molar-refractivity contribution in [1.29, 1.82) is 0 Å². The van der Waals surface area contributed by atoms with Crippen molar-refractivity contribution in [3.63, 3.8) is 0 Å². The Labute approximate surface area is 111 Å². The zero-order valence-corrected chi connectivity index (χ0v) is 12.0. The molecule has 0 heterocycles. The lowest BCUT2D eigenvalue weighted by Gasteiger charge is -2.05. The molecule has 0 radical (unpaired) electrons. The van der Waals surface area contributed by atoms with Crippen molar-refractivity contribution < 1.29 is 13.7 Å². The van der Waals surface area contributed by atoms with Crippen molar-refractivity contribution in [1.82, 2.24) is 0 Å². The summed E-state index contributed by atoms with van der Waals surface area (Å²) >= 11 is 0. The second kappa shape index (κ2) is 7.31. The quantitative estimate of drug-likeness (QED) is 0.745. The summed E-state index contributed by atoms with van der Waals surface area (Å²) in [5.41, 5.74) is 3.48. The summed E-state index contributed by atoms with van der Waals surface area (Å²) in [6, 6.07) is 6.22. The Morgan fingerprint density at radius 1 is 1.22 bits per heavy atom. The van der Waals surface area contributed by atoms with Gasteiger partial charge in [-0.2, -0.15) is 0 Å². The third-order valence-corrected chi connectivity index (χ3v) is 3.99. The predicted molar refractivity (Wildman–Crippen MR) is 73.9 cm³/mol. The second-order valence-corrected chi connectivity index (χ2v) is 6.04. The van der Waals surface area contributed by atoms with Gasteiger partial charge in [-0.1, -0.05) is 29.3 Å². The molecule has 0 saturated heterocycles. The van der Waals surface area contributed by atoms with Crippen LogP contribution in [0.3, 0.4) is 0 Å². The van der Waals surface area contributed by atoms with E-state index in [-0.39, 0.29) is 5.97 Å². The molecule has 1 rings (SSSR count). The maximum atomic E-state index is 11.9. The van der Waals surface area contributed by atoms with Crippen molar-refractivity contribution >= 4 is 16.8 Å². The van der Waals surface area contributed by atoms with Gasteiger partial charge in [-0.25, -0.2) is 0 Å². The molecule has 0 aromatic heterocycles. The first-order valence-electron chi connectivity index (χ1n) is 6.00. The molecule has 0 saturated carbocycles. The van der Waals surface area contributed by atoms with Crippen molar-refractivity contribution in [2.24, 2.45) is 0 Å². The van der Waals surface area contributed by atoms with Gasteiger partial charge in [-0.05, 0) is 25.8 Å². The second-order valence-electron chi connectivity index (χ2n) is 4.46. The average Bonchev–Trinajstić information content (AvgIpc) is 2.27. The lowest BCUT2D eigenvalue weighted by molar-refractivity contribution is -0.140. The SMILES string of the molecule is COC(=O)CCCS(=O)Cc1cc(C)cc(C)c1. The van der Waals surface area contributed by atoms with Crippen LogP contribution in [0.25, 0.3) is 0 Å². The highest BCUT2D eigenvalue weighted by atomic mass is 32.2. The lowest BCUT2D eigenvalue weighted by atomic mass is 10.1. The van der Waals surface area contributed by atoms with Gasteiger partial charge >= 0.3 is 5.97 Å². The van der Waals surface area contributed by atoms with Gasteiger partial charge in [-0.3, -0.25) is 9.00 Å². The van der Waals surface area contributed by atoms with Gasteiger partial charge in [0, 0.05) is 28.7 Å². The molecule has 0 aliphatic rings. The van der Waals surface area contributed by atoms with Crippen LogP contribution in [0.15, 0.2) is 18.2 Å². The number of esters is 1. The molecule has 1 aromatic carbocycles. The summed E-state index contributed by atoms with van der Waals surface area (Å²) in [5.74, 6) is 0.865. The number of benzene rings is 1. The van der Waals surface area contributed by atoms with E-state index in [9.17, 15) is 9.00 Å². The molecule has 4 heteroatoms. The number of aryl methyl sites for hydroxylation is 2. The number of methoxy groups -OCH3 is 1. The fraction of sp³-hybridized carbons (Fsp3) is 0.500. The van der Waals surface area contributed by atoms with Crippen LogP contribution >= 0.6 is 0 Å². The summed E-state index contributed by atoms with van der Waals surface area (Å²) in [4.78, 5) is 10.9. The first-order valence-corrected chi connectivity index (χ1v) is 7.49. The fourth-order valence-electron chi connectivity index (χ4n) is 1.89. The number of carbonyl (C=O) groups is 1. The summed E-state index contributed by atoms with van der Waals surface area (Å²) in [5, 5.41) is 0. The molecule has 0 aliphatic carbocycles. The topological polar surface area (TPSA) is 43.4 Å². The molecule has 1 unspecified atom stereocenters. The number of rotatable bonds is 6. The zero-order valence-electron chi connectivity index (χ0n) is 11.2. The Hall–Kier alpha value is -1.16. The summed E-state index contributed by atoms with van der Waals surface area (Å²) < 4.78 is 16.4. The van der Waals surface area contributed by atoms with Gasteiger partial charge in [0.05, 0.1) is 7.11 Å². The minimum Gasteiger partial charge on any atom is -0.469 e. The molecule has 0 amide bonds. The van der Waals surface area contributed by atoms with Crippen LogP contribution in [0.2, 0.25) is 0 Å². The molecular formula is C14H20O3S. The molecule has 0 fully saturated rings. The van der Waals surface area contributed by atoms with E-state index in [1.165, 1.54) is 18.2 Å². The van der Waals surface area contributed by atoms with E-state index < -0.39 is 10.8 Å². The molecule has 100 valence electrons. The Bertz CT molecular complexity index is 420. The molecule has 1 aromatic rings. The van der Waals surface area contributed by atoms with E-state index in [1.807, 2.05) is 13.8 Å². The van der Waals surface area contributed by atoms with Crippen molar-refractivity contribution in [3.8, 4) is 0 Å². The minimum absolute atomic E-state index is 0.238. The van der Waals surface area contributed by atoms with Crippen molar-refractivity contribution in [2.45, 2.75) is 32.4 Å². The van der Waals surface area contributed by atoms with Gasteiger partial charge in [0.2, 0.25) is 0 Å². The largest absolute Gasteiger partial charge is 0.469 e. The number of hydrogen-bond donors (Lipinski definition) is 0. The molecule has 3 nitrogen and oxygen atoms in total. The van der Waals surface area contributed by atoms with Gasteiger partial charge in [0.1, 0.15) is 0 Å². The van der Waals surface area contributed by atoms with Crippen molar-refractivity contribution in [2.75, 3.05) is 12.9 Å². The van der Waals surface area contributed by atoms with Crippen LogP contribution in [-0.4, -0.2) is 23.0 Å². The average molecular weight is 268 g/mol. The van der Waals surface area contributed by atoms with Gasteiger partial charge in [-0.15, -0.1) is 0 Å². The Kier molecular flexibility index (Phi) is 6.05. The maximum absolute atomic E-state index is 11.9. The number of ether oxygens (including phenoxy) is 1. The molecular weight excluding hydrogens is 248 g/mol. The summed E-state index contributed by atoms with van der Waals surface area (Å²) in [7, 11) is 0.456. The fourth-order valence-corrected chi connectivity index (χ4v) is 3.04. The van der Waals surface area contributed by atoms with Gasteiger partial charge in [0.25, 0.3) is 0 Å². The first kappa shape index (κ1) is 14.9. The molecule has 0 spiro atoms. The molecule has 0 bridgehead atoms. The number of hydrogen-bond acceptors (Lipinski definition) is 3. The van der Waals surface area contributed by atoms with Crippen LogP contribution in [0.5, 0.6) is 0 Å². The maximum Gasteiger partial charge on any atom is 0.305 e. The third-order valence-electron chi connectivity index (χ3n) is 2.59. The van der Waals surface area contributed by atoms with E-state index in [0.717, 1.165) is 5.56 Å². The standard InChI is InChI=1S/C14H20O3S/c1-11-7-12(2)9-13(8-11)10-18(16)6-4-5-14(15)17-3/h7-9H,4-6,10H2,1-3H3. The molecule has 1 atom stereocenters. The van der Waals surface area contributed by atoms with Crippen LogP contribution < -0.4 is 0 Å². The van der Waals surface area contributed by atoms with E-state index in [1.54, 1.807) is 0 Å². The monoisotopic (exact) mass is 268 g/mol. The lowest BCUT2D eigenvalue weighted by Crippen LogP contribution is -2.06. The van der Waals surface area contributed by atoms with Crippen LogP contribution in [0, 0.1) is 13.8 Å². The minimum atomic E-state index is -0.914.